The Bertz CT molecular complexity index is 310. The minimum Gasteiger partial charge on any atom is -0.319 e. The molecule has 0 bridgehead atoms. The minimum absolute atomic E-state index is 0.128. The maximum Gasteiger partial charge on any atom is 0.246 e. The van der Waals surface area contributed by atoms with E-state index < -0.39 is 6.04 Å². The second kappa shape index (κ2) is 7.37. The van der Waals surface area contributed by atoms with E-state index in [0.29, 0.717) is 5.75 Å². The first-order valence-electron chi connectivity index (χ1n) is 4.24. The van der Waals surface area contributed by atoms with Crippen LogP contribution in [0.5, 0.6) is 0 Å². The van der Waals surface area contributed by atoms with Gasteiger partial charge in [-0.3, -0.25) is 8.32 Å². The normalized spacial score (nSPS) is 12.1. The standard InChI is InChI=1S/C9H11IN2OS2/c10-12-9(13)8(11)6-14-15-7-4-2-1-3-5-7/h1-5,8H,6,11H2,(H,12,13). The van der Waals surface area contributed by atoms with Crippen molar-refractivity contribution in [1.82, 2.24) is 3.53 Å². The van der Waals surface area contributed by atoms with Gasteiger partial charge >= 0.3 is 0 Å². The van der Waals surface area contributed by atoms with Crippen molar-refractivity contribution in [3.63, 3.8) is 0 Å². The van der Waals surface area contributed by atoms with Crippen molar-refractivity contribution in [2.45, 2.75) is 10.9 Å². The Morgan fingerprint density at radius 3 is 2.73 bits per heavy atom. The highest BCUT2D eigenvalue weighted by atomic mass is 127. The van der Waals surface area contributed by atoms with E-state index in [1.165, 1.54) is 4.90 Å². The Balaban J connectivity index is 2.25. The first-order chi connectivity index (χ1) is 7.24. The van der Waals surface area contributed by atoms with Gasteiger partial charge < -0.3 is 5.73 Å². The van der Waals surface area contributed by atoms with Gasteiger partial charge in [-0.25, -0.2) is 0 Å². The smallest absolute Gasteiger partial charge is 0.246 e. The van der Waals surface area contributed by atoms with Gasteiger partial charge in [0.2, 0.25) is 5.91 Å². The van der Waals surface area contributed by atoms with E-state index >= 15 is 0 Å². The first-order valence-corrected chi connectivity index (χ1v) is 7.64. The molecule has 1 aromatic carbocycles. The quantitative estimate of drug-likeness (QED) is 0.484. The molecule has 1 aromatic rings. The summed E-state index contributed by atoms with van der Waals surface area (Å²) in [5, 5.41) is 0. The zero-order valence-electron chi connectivity index (χ0n) is 7.85. The van der Waals surface area contributed by atoms with Gasteiger partial charge in [0.1, 0.15) is 0 Å². The van der Waals surface area contributed by atoms with Crippen molar-refractivity contribution in [3.05, 3.63) is 30.3 Å². The molecule has 1 unspecified atom stereocenters. The summed E-state index contributed by atoms with van der Waals surface area (Å²) in [4.78, 5) is 12.3. The lowest BCUT2D eigenvalue weighted by Crippen LogP contribution is -2.38. The number of hydrogen-bond donors (Lipinski definition) is 2. The molecule has 0 saturated carbocycles. The van der Waals surface area contributed by atoms with Crippen molar-refractivity contribution in [2.75, 3.05) is 5.75 Å². The third kappa shape index (κ3) is 5.10. The Labute approximate surface area is 111 Å². The summed E-state index contributed by atoms with van der Waals surface area (Å²) in [5.74, 6) is 0.478. The number of rotatable bonds is 5. The van der Waals surface area contributed by atoms with Crippen LogP contribution in [0.3, 0.4) is 0 Å². The average Bonchev–Trinajstić information content (AvgIpc) is 2.29. The summed E-state index contributed by atoms with van der Waals surface area (Å²) in [5.41, 5.74) is 5.64. The lowest BCUT2D eigenvalue weighted by Gasteiger charge is -2.07. The summed E-state index contributed by atoms with van der Waals surface area (Å²) in [6, 6.07) is 9.57. The maximum absolute atomic E-state index is 11.1. The summed E-state index contributed by atoms with van der Waals surface area (Å²) in [7, 11) is 3.22. The van der Waals surface area contributed by atoms with Crippen LogP contribution < -0.4 is 9.26 Å². The van der Waals surface area contributed by atoms with Crippen LogP contribution in [0.2, 0.25) is 0 Å². The molecule has 3 nitrogen and oxygen atoms in total. The van der Waals surface area contributed by atoms with Crippen molar-refractivity contribution < 1.29 is 4.79 Å². The van der Waals surface area contributed by atoms with Crippen LogP contribution in [0.4, 0.5) is 0 Å². The molecule has 0 heterocycles. The number of carbonyl (C=O) groups excluding carboxylic acids is 1. The first kappa shape index (κ1) is 13.1. The molecule has 0 spiro atoms. The van der Waals surface area contributed by atoms with Crippen LogP contribution in [0.1, 0.15) is 0 Å². The highest BCUT2D eigenvalue weighted by molar-refractivity contribution is 14.1. The fourth-order valence-corrected chi connectivity index (χ4v) is 3.35. The Morgan fingerprint density at radius 2 is 2.13 bits per heavy atom. The molecule has 1 atom stereocenters. The molecule has 1 rings (SSSR count). The van der Waals surface area contributed by atoms with Gasteiger partial charge in [0.05, 0.1) is 28.9 Å². The molecule has 0 aromatic heterocycles. The van der Waals surface area contributed by atoms with E-state index in [4.69, 9.17) is 5.73 Å². The summed E-state index contributed by atoms with van der Waals surface area (Å²) >= 11 is 1.80. The van der Waals surface area contributed by atoms with E-state index in [-0.39, 0.29) is 5.91 Å². The average molecular weight is 354 g/mol. The molecule has 0 radical (unpaired) electrons. The van der Waals surface area contributed by atoms with Crippen molar-refractivity contribution in [2.24, 2.45) is 5.73 Å². The number of nitrogens with one attached hydrogen (secondary N) is 1. The number of nitrogens with two attached hydrogens (primary N) is 1. The predicted octanol–water partition coefficient (Wildman–Crippen LogP) is 2.22. The summed E-state index contributed by atoms with van der Waals surface area (Å²) in [6.07, 6.45) is 0. The fraction of sp³-hybridized carbons (Fsp3) is 0.222. The minimum atomic E-state index is -0.442. The van der Waals surface area contributed by atoms with Crippen molar-refractivity contribution >= 4 is 50.4 Å². The zero-order chi connectivity index (χ0) is 11.1. The Kier molecular flexibility index (Phi) is 6.46. The van der Waals surface area contributed by atoms with Crippen LogP contribution in [0, 0.1) is 0 Å². The highest BCUT2D eigenvalue weighted by Crippen LogP contribution is 2.30. The van der Waals surface area contributed by atoms with Gasteiger partial charge in [0, 0.05) is 10.6 Å². The molecule has 82 valence electrons. The van der Waals surface area contributed by atoms with E-state index in [1.807, 2.05) is 30.3 Å². The number of hydrogen-bond acceptors (Lipinski definition) is 4. The van der Waals surface area contributed by atoms with E-state index in [2.05, 4.69) is 3.53 Å². The lowest BCUT2D eigenvalue weighted by atomic mass is 10.3. The lowest BCUT2D eigenvalue weighted by molar-refractivity contribution is -0.119. The van der Waals surface area contributed by atoms with E-state index in [0.717, 1.165) is 0 Å². The summed E-state index contributed by atoms with van der Waals surface area (Å²) < 4.78 is 2.50. The zero-order valence-corrected chi connectivity index (χ0v) is 11.6. The molecular formula is C9H11IN2OS2. The molecule has 0 saturated heterocycles. The molecular weight excluding hydrogens is 343 g/mol. The SMILES string of the molecule is NC(CSSc1ccccc1)C(=O)NI. The van der Waals surface area contributed by atoms with Crippen molar-refractivity contribution in [3.8, 4) is 0 Å². The summed E-state index contributed by atoms with van der Waals surface area (Å²) in [6.45, 7) is 0. The van der Waals surface area contributed by atoms with Gasteiger partial charge in [-0.05, 0) is 12.1 Å². The van der Waals surface area contributed by atoms with E-state index in [9.17, 15) is 4.79 Å². The molecule has 3 N–H and O–H groups in total. The Morgan fingerprint density at radius 1 is 1.47 bits per heavy atom. The van der Waals surface area contributed by atoms with Crippen LogP contribution in [-0.4, -0.2) is 17.7 Å². The molecule has 0 aliphatic carbocycles. The monoisotopic (exact) mass is 354 g/mol. The second-order valence-corrected chi connectivity index (χ2v) is 5.70. The predicted molar refractivity (Wildman–Crippen MR) is 74.9 cm³/mol. The largest absolute Gasteiger partial charge is 0.319 e. The van der Waals surface area contributed by atoms with Crippen LogP contribution in [-0.2, 0) is 4.79 Å². The maximum atomic E-state index is 11.1. The van der Waals surface area contributed by atoms with Crippen LogP contribution >= 0.6 is 44.5 Å². The van der Waals surface area contributed by atoms with Gasteiger partial charge in [0.15, 0.2) is 0 Å². The third-order valence-electron chi connectivity index (χ3n) is 1.58. The number of carbonyl (C=O) groups is 1. The van der Waals surface area contributed by atoms with Gasteiger partial charge in [-0.15, -0.1) is 0 Å². The van der Waals surface area contributed by atoms with Gasteiger partial charge in [-0.2, -0.15) is 0 Å². The highest BCUT2D eigenvalue weighted by Gasteiger charge is 2.11. The van der Waals surface area contributed by atoms with Crippen LogP contribution in [0.25, 0.3) is 0 Å². The third-order valence-corrected chi connectivity index (χ3v) is 4.52. The number of benzene rings is 1. The Hall–Kier alpha value is 0.0800. The van der Waals surface area contributed by atoms with Gasteiger partial charge in [-0.1, -0.05) is 39.8 Å². The van der Waals surface area contributed by atoms with Crippen molar-refractivity contribution in [1.29, 1.82) is 0 Å². The molecule has 6 heteroatoms. The topological polar surface area (TPSA) is 55.1 Å². The second-order valence-electron chi connectivity index (χ2n) is 2.75. The number of halogens is 1. The molecule has 15 heavy (non-hydrogen) atoms. The number of amides is 1. The van der Waals surface area contributed by atoms with Crippen LogP contribution in [0.15, 0.2) is 35.2 Å². The fourth-order valence-electron chi connectivity index (χ4n) is 0.797. The van der Waals surface area contributed by atoms with Gasteiger partial charge in [0.25, 0.3) is 0 Å². The molecule has 0 fully saturated rings. The van der Waals surface area contributed by atoms with E-state index in [1.54, 1.807) is 44.5 Å². The molecule has 1 amide bonds. The molecule has 0 aliphatic rings. The molecule has 0 aliphatic heterocycles.